The molecule has 0 aliphatic carbocycles. The van der Waals surface area contributed by atoms with E-state index in [0.717, 1.165) is 11.1 Å². The van der Waals surface area contributed by atoms with Crippen molar-refractivity contribution in [1.29, 1.82) is 0 Å². The van der Waals surface area contributed by atoms with Crippen LogP contribution in [0.5, 0.6) is 11.5 Å². The largest absolute Gasteiger partial charge is 0.493 e. The third-order valence-electron chi connectivity index (χ3n) is 5.07. The van der Waals surface area contributed by atoms with E-state index in [-0.39, 0.29) is 11.3 Å². The van der Waals surface area contributed by atoms with Gasteiger partial charge in [0.25, 0.3) is 5.91 Å². The maximum Gasteiger partial charge on any atom is 0.255 e. The van der Waals surface area contributed by atoms with Crippen LogP contribution >= 0.6 is 0 Å². The molecule has 0 spiro atoms. The van der Waals surface area contributed by atoms with E-state index in [4.69, 9.17) is 9.47 Å². The molecule has 0 aromatic heterocycles. The van der Waals surface area contributed by atoms with Gasteiger partial charge in [-0.1, -0.05) is 66.7 Å². The first-order valence-corrected chi connectivity index (χ1v) is 9.20. The Labute approximate surface area is 166 Å². The molecule has 3 aromatic carbocycles. The van der Waals surface area contributed by atoms with Crippen molar-refractivity contribution in [2.45, 2.75) is 12.3 Å². The van der Waals surface area contributed by atoms with Gasteiger partial charge < -0.3 is 14.8 Å². The van der Waals surface area contributed by atoms with Crippen LogP contribution in [0.3, 0.4) is 0 Å². The van der Waals surface area contributed by atoms with Gasteiger partial charge in [-0.15, -0.1) is 0 Å². The predicted octanol–water partition coefficient (Wildman–Crippen LogP) is 4.44. The van der Waals surface area contributed by atoms with Crippen molar-refractivity contribution < 1.29 is 14.3 Å². The summed E-state index contributed by atoms with van der Waals surface area (Å²) in [5.41, 5.74) is 2.35. The fraction of sp³-hybridized carbons (Fsp3) is 0.208. The summed E-state index contributed by atoms with van der Waals surface area (Å²) in [6.45, 7) is 2.58. The Hall–Kier alpha value is -3.27. The van der Waals surface area contributed by atoms with Gasteiger partial charge in [0.15, 0.2) is 11.5 Å². The number of hydrogen-bond donors (Lipinski definition) is 1. The van der Waals surface area contributed by atoms with Crippen LogP contribution in [-0.4, -0.2) is 26.7 Å². The van der Waals surface area contributed by atoms with Gasteiger partial charge in [-0.3, -0.25) is 4.79 Å². The lowest BCUT2D eigenvalue weighted by atomic mass is 9.76. The molecule has 0 saturated heterocycles. The summed E-state index contributed by atoms with van der Waals surface area (Å²) < 4.78 is 10.7. The van der Waals surface area contributed by atoms with Crippen LogP contribution in [0.25, 0.3) is 0 Å². The second kappa shape index (κ2) is 8.61. The quantitative estimate of drug-likeness (QED) is 0.664. The first-order valence-electron chi connectivity index (χ1n) is 9.20. The second-order valence-corrected chi connectivity index (χ2v) is 6.79. The minimum atomic E-state index is -0.371. The molecule has 0 heterocycles. The van der Waals surface area contributed by atoms with Gasteiger partial charge in [0.1, 0.15) is 0 Å². The number of amides is 1. The number of rotatable bonds is 7. The lowest BCUT2D eigenvalue weighted by Gasteiger charge is -2.31. The Morgan fingerprint density at radius 3 is 1.89 bits per heavy atom. The maximum absolute atomic E-state index is 13.0. The summed E-state index contributed by atoms with van der Waals surface area (Å²) in [5.74, 6) is 0.765. The van der Waals surface area contributed by atoms with Crippen LogP contribution in [0.2, 0.25) is 0 Å². The molecule has 0 unspecified atom stereocenters. The van der Waals surface area contributed by atoms with E-state index in [9.17, 15) is 4.79 Å². The highest BCUT2D eigenvalue weighted by Crippen LogP contribution is 2.33. The monoisotopic (exact) mass is 375 g/mol. The van der Waals surface area contributed by atoms with E-state index < -0.39 is 0 Å². The molecule has 0 atom stereocenters. The molecular weight excluding hydrogens is 350 g/mol. The minimum Gasteiger partial charge on any atom is -0.493 e. The SMILES string of the molecule is COc1cccc(C(=O)NCC(C)(c2ccccc2)c2ccccc2)c1OC. The Morgan fingerprint density at radius 2 is 1.39 bits per heavy atom. The summed E-state index contributed by atoms with van der Waals surface area (Å²) in [4.78, 5) is 13.0. The van der Waals surface area contributed by atoms with E-state index in [0.29, 0.717) is 23.6 Å². The van der Waals surface area contributed by atoms with Crippen molar-refractivity contribution >= 4 is 5.91 Å². The van der Waals surface area contributed by atoms with Crippen LogP contribution in [0.1, 0.15) is 28.4 Å². The molecule has 4 heteroatoms. The average molecular weight is 375 g/mol. The molecule has 0 radical (unpaired) electrons. The van der Waals surface area contributed by atoms with Gasteiger partial charge in [0.05, 0.1) is 19.8 Å². The highest BCUT2D eigenvalue weighted by molar-refractivity contribution is 5.97. The van der Waals surface area contributed by atoms with E-state index in [1.54, 1.807) is 25.3 Å². The van der Waals surface area contributed by atoms with Gasteiger partial charge in [0.2, 0.25) is 0 Å². The molecule has 4 nitrogen and oxygen atoms in total. The van der Waals surface area contributed by atoms with E-state index in [1.807, 2.05) is 36.4 Å². The fourth-order valence-corrected chi connectivity index (χ4v) is 3.40. The van der Waals surface area contributed by atoms with Gasteiger partial charge in [-0.05, 0) is 30.2 Å². The standard InChI is InChI=1S/C24H25NO3/c1-24(18-11-6-4-7-12-18,19-13-8-5-9-14-19)17-25-23(26)20-15-10-16-21(27-2)22(20)28-3/h4-16H,17H2,1-3H3,(H,25,26). The van der Waals surface area contributed by atoms with Gasteiger partial charge in [0, 0.05) is 12.0 Å². The van der Waals surface area contributed by atoms with Crippen molar-refractivity contribution in [1.82, 2.24) is 5.32 Å². The fourth-order valence-electron chi connectivity index (χ4n) is 3.40. The average Bonchev–Trinajstić information content (AvgIpc) is 2.77. The molecule has 0 fully saturated rings. The molecule has 1 amide bonds. The molecule has 28 heavy (non-hydrogen) atoms. The number of ether oxygens (including phenoxy) is 2. The van der Waals surface area contributed by atoms with E-state index in [1.165, 1.54) is 7.11 Å². The Balaban J connectivity index is 1.91. The van der Waals surface area contributed by atoms with Gasteiger partial charge in [-0.25, -0.2) is 0 Å². The Morgan fingerprint density at radius 1 is 0.821 bits per heavy atom. The van der Waals surface area contributed by atoms with Crippen LogP contribution in [0.4, 0.5) is 0 Å². The second-order valence-electron chi connectivity index (χ2n) is 6.79. The van der Waals surface area contributed by atoms with Gasteiger partial charge >= 0.3 is 0 Å². The van der Waals surface area contributed by atoms with Crippen molar-refractivity contribution in [3.05, 3.63) is 95.6 Å². The molecule has 0 saturated carbocycles. The number of nitrogens with one attached hydrogen (secondary N) is 1. The van der Waals surface area contributed by atoms with Crippen LogP contribution in [0, 0.1) is 0 Å². The van der Waals surface area contributed by atoms with Crippen molar-refractivity contribution in [3.63, 3.8) is 0 Å². The summed E-state index contributed by atoms with van der Waals surface area (Å²) in [5, 5.41) is 3.09. The normalized spacial score (nSPS) is 11.0. The number of para-hydroxylation sites is 1. The smallest absolute Gasteiger partial charge is 0.255 e. The number of hydrogen-bond acceptors (Lipinski definition) is 3. The molecule has 0 aliphatic heterocycles. The lowest BCUT2D eigenvalue weighted by Crippen LogP contribution is -2.39. The topological polar surface area (TPSA) is 47.6 Å². The summed E-state index contributed by atoms with van der Waals surface area (Å²) in [7, 11) is 3.09. The van der Waals surface area contributed by atoms with Crippen molar-refractivity contribution in [2.24, 2.45) is 0 Å². The molecule has 1 N–H and O–H groups in total. The molecule has 0 aliphatic rings. The summed E-state index contributed by atoms with van der Waals surface area (Å²) >= 11 is 0. The molecule has 144 valence electrons. The zero-order chi connectivity index (χ0) is 20.0. The molecular formula is C24H25NO3. The molecule has 3 rings (SSSR count). The number of methoxy groups -OCH3 is 2. The number of carbonyl (C=O) groups excluding carboxylic acids is 1. The summed E-state index contributed by atoms with van der Waals surface area (Å²) in [6, 6.07) is 25.7. The highest BCUT2D eigenvalue weighted by atomic mass is 16.5. The predicted molar refractivity (Wildman–Crippen MR) is 111 cm³/mol. The van der Waals surface area contributed by atoms with Gasteiger partial charge in [-0.2, -0.15) is 0 Å². The number of benzene rings is 3. The Kier molecular flexibility index (Phi) is 5.99. The Bertz CT molecular complexity index is 884. The lowest BCUT2D eigenvalue weighted by molar-refractivity contribution is 0.0943. The van der Waals surface area contributed by atoms with E-state index in [2.05, 4.69) is 36.5 Å². The third-order valence-corrected chi connectivity index (χ3v) is 5.07. The maximum atomic E-state index is 13.0. The van der Waals surface area contributed by atoms with E-state index >= 15 is 0 Å². The number of carbonyl (C=O) groups is 1. The molecule has 0 bridgehead atoms. The first-order chi connectivity index (χ1) is 13.6. The minimum absolute atomic E-state index is 0.200. The van der Waals surface area contributed by atoms with Crippen molar-refractivity contribution in [2.75, 3.05) is 20.8 Å². The van der Waals surface area contributed by atoms with Crippen LogP contribution in [0.15, 0.2) is 78.9 Å². The van der Waals surface area contributed by atoms with Crippen molar-refractivity contribution in [3.8, 4) is 11.5 Å². The third kappa shape index (κ3) is 3.86. The zero-order valence-corrected chi connectivity index (χ0v) is 16.4. The highest BCUT2D eigenvalue weighted by Gasteiger charge is 2.30. The summed E-state index contributed by atoms with van der Waals surface area (Å²) in [6.07, 6.45) is 0. The van der Waals surface area contributed by atoms with Crippen LogP contribution < -0.4 is 14.8 Å². The first kappa shape index (κ1) is 19.5. The zero-order valence-electron chi connectivity index (χ0n) is 16.4. The molecule has 3 aromatic rings. The van der Waals surface area contributed by atoms with Crippen LogP contribution in [-0.2, 0) is 5.41 Å².